The summed E-state index contributed by atoms with van der Waals surface area (Å²) in [6, 6.07) is 0. The first-order valence-electron chi connectivity index (χ1n) is 12.8. The van der Waals surface area contributed by atoms with Gasteiger partial charge in [0.2, 0.25) is 0 Å². The molecule has 0 aromatic rings. The second-order valence-corrected chi connectivity index (χ2v) is 8.82. The van der Waals surface area contributed by atoms with Crippen molar-refractivity contribution in [2.75, 3.05) is 13.1 Å². The molecule has 0 spiro atoms. The smallest absolute Gasteiger partial charge is 0.214 e. The Balaban J connectivity index is 3.61. The second kappa shape index (κ2) is 21.0. The van der Waals surface area contributed by atoms with Gasteiger partial charge in [-0.15, -0.1) is 0 Å². The van der Waals surface area contributed by atoms with Gasteiger partial charge < -0.3 is 0 Å². The predicted molar refractivity (Wildman–Crippen MR) is 121 cm³/mol. The molecule has 0 fully saturated rings. The van der Waals surface area contributed by atoms with Crippen LogP contribution in [0.5, 0.6) is 0 Å². The molecule has 0 atom stereocenters. The van der Waals surface area contributed by atoms with Crippen LogP contribution in [-0.2, 0) is 0 Å². The molecular formula is C25H50F3N. The van der Waals surface area contributed by atoms with Gasteiger partial charge in [0.15, 0.2) is 0 Å². The van der Waals surface area contributed by atoms with Crippen LogP contribution in [0.25, 0.3) is 0 Å². The summed E-state index contributed by atoms with van der Waals surface area (Å²) in [5.74, 6) is 0. The summed E-state index contributed by atoms with van der Waals surface area (Å²) in [6.45, 7) is 4.80. The Labute approximate surface area is 180 Å². The summed E-state index contributed by atoms with van der Waals surface area (Å²) in [6.07, 6.45) is 19.1. The topological polar surface area (TPSA) is 3.24 Å². The second-order valence-electron chi connectivity index (χ2n) is 8.82. The van der Waals surface area contributed by atoms with Gasteiger partial charge in [-0.25, -0.2) is 4.90 Å². The lowest BCUT2D eigenvalue weighted by atomic mass is 10.1. The van der Waals surface area contributed by atoms with Crippen LogP contribution in [-0.4, -0.2) is 24.3 Å². The highest BCUT2D eigenvalue weighted by atomic mass is 19.4. The van der Waals surface area contributed by atoms with Crippen molar-refractivity contribution in [2.24, 2.45) is 0 Å². The van der Waals surface area contributed by atoms with Gasteiger partial charge >= 0.3 is 6.30 Å². The minimum Gasteiger partial charge on any atom is -0.214 e. The van der Waals surface area contributed by atoms with Crippen LogP contribution in [0.15, 0.2) is 0 Å². The average Bonchev–Trinajstić information content (AvgIpc) is 2.68. The molecular weight excluding hydrogens is 371 g/mol. The number of unbranched alkanes of at least 4 members (excludes halogenated alkanes) is 18. The largest absolute Gasteiger partial charge is 0.459 e. The Kier molecular flexibility index (Phi) is 20.8. The van der Waals surface area contributed by atoms with Crippen molar-refractivity contribution < 1.29 is 13.2 Å². The van der Waals surface area contributed by atoms with Gasteiger partial charge in [0.1, 0.15) is 0 Å². The third-order valence-corrected chi connectivity index (χ3v) is 5.92. The fourth-order valence-electron chi connectivity index (χ4n) is 3.95. The summed E-state index contributed by atoms with van der Waals surface area (Å²) in [5.41, 5.74) is 0. The molecule has 0 amide bonds. The maximum atomic E-state index is 13.2. The fourth-order valence-corrected chi connectivity index (χ4v) is 3.95. The molecule has 4 heteroatoms. The molecule has 0 heterocycles. The van der Waals surface area contributed by atoms with Crippen molar-refractivity contribution in [2.45, 2.75) is 149 Å². The van der Waals surface area contributed by atoms with Crippen LogP contribution >= 0.6 is 0 Å². The molecule has 0 N–H and O–H groups in total. The molecule has 0 saturated heterocycles. The van der Waals surface area contributed by atoms with E-state index in [-0.39, 0.29) is 13.1 Å². The molecule has 0 aliphatic heterocycles. The summed E-state index contributed by atoms with van der Waals surface area (Å²) in [4.78, 5) is 0.752. The van der Waals surface area contributed by atoms with Crippen LogP contribution in [0, 0.1) is 0 Å². The van der Waals surface area contributed by atoms with Gasteiger partial charge in [0, 0.05) is 13.1 Å². The molecule has 0 aromatic carbocycles. The van der Waals surface area contributed by atoms with Crippen molar-refractivity contribution in [1.29, 1.82) is 0 Å². The molecule has 0 radical (unpaired) electrons. The van der Waals surface area contributed by atoms with E-state index in [4.69, 9.17) is 0 Å². The summed E-state index contributed by atoms with van der Waals surface area (Å²) in [5, 5.41) is 0. The van der Waals surface area contributed by atoms with E-state index in [1.54, 1.807) is 0 Å². The SMILES string of the molecule is CCCCCCCCCCCCN(CCCCCCCCCCCC)C(F)(F)F. The van der Waals surface area contributed by atoms with Crippen LogP contribution in [0.1, 0.15) is 142 Å². The molecule has 0 saturated carbocycles. The van der Waals surface area contributed by atoms with E-state index in [1.165, 1.54) is 89.9 Å². The highest BCUT2D eigenvalue weighted by Crippen LogP contribution is 2.23. The third-order valence-electron chi connectivity index (χ3n) is 5.92. The Bertz CT molecular complexity index is 294. The molecule has 0 bridgehead atoms. The lowest BCUT2D eigenvalue weighted by molar-refractivity contribution is -0.246. The van der Waals surface area contributed by atoms with Crippen molar-refractivity contribution in [3.8, 4) is 0 Å². The van der Waals surface area contributed by atoms with Gasteiger partial charge in [0.25, 0.3) is 0 Å². The van der Waals surface area contributed by atoms with E-state index >= 15 is 0 Å². The van der Waals surface area contributed by atoms with Gasteiger partial charge in [-0.3, -0.25) is 0 Å². The summed E-state index contributed by atoms with van der Waals surface area (Å²) in [7, 11) is 0. The normalized spacial score (nSPS) is 12.2. The zero-order chi connectivity index (χ0) is 21.6. The minimum atomic E-state index is -4.17. The van der Waals surface area contributed by atoms with E-state index in [2.05, 4.69) is 13.8 Å². The van der Waals surface area contributed by atoms with E-state index < -0.39 is 6.30 Å². The zero-order valence-corrected chi connectivity index (χ0v) is 19.6. The van der Waals surface area contributed by atoms with Crippen LogP contribution in [0.3, 0.4) is 0 Å². The maximum absolute atomic E-state index is 13.2. The number of rotatable bonds is 22. The quantitative estimate of drug-likeness (QED) is 0.124. The Morgan fingerprint density at radius 2 is 0.655 bits per heavy atom. The van der Waals surface area contributed by atoms with Crippen LogP contribution in [0.4, 0.5) is 13.2 Å². The average molecular weight is 422 g/mol. The van der Waals surface area contributed by atoms with Crippen molar-refractivity contribution in [3.05, 3.63) is 0 Å². The molecule has 0 aliphatic carbocycles. The third kappa shape index (κ3) is 20.8. The highest BCUT2D eigenvalue weighted by molar-refractivity contribution is 4.62. The summed E-state index contributed by atoms with van der Waals surface area (Å²) >= 11 is 0. The minimum absolute atomic E-state index is 0.178. The lowest BCUT2D eigenvalue weighted by Gasteiger charge is -2.24. The zero-order valence-electron chi connectivity index (χ0n) is 19.6. The molecule has 1 nitrogen and oxygen atoms in total. The number of hydrogen-bond donors (Lipinski definition) is 0. The van der Waals surface area contributed by atoms with Crippen molar-refractivity contribution in [3.63, 3.8) is 0 Å². The molecule has 176 valence electrons. The standard InChI is InChI=1S/C25H50F3N/c1-3-5-7-9-11-13-15-17-19-21-23-29(25(26,27)28)24-22-20-18-16-14-12-10-8-6-4-2/h3-24H2,1-2H3. The first-order valence-corrected chi connectivity index (χ1v) is 12.8. The van der Waals surface area contributed by atoms with Gasteiger partial charge in [-0.1, -0.05) is 129 Å². The molecule has 0 rings (SSSR count). The lowest BCUT2D eigenvalue weighted by Crippen LogP contribution is -2.39. The van der Waals surface area contributed by atoms with Gasteiger partial charge in [0.05, 0.1) is 0 Å². The number of halogens is 3. The monoisotopic (exact) mass is 421 g/mol. The summed E-state index contributed by atoms with van der Waals surface area (Å²) < 4.78 is 39.6. The number of alkyl halides is 3. The fraction of sp³-hybridized carbons (Fsp3) is 1.00. The Morgan fingerprint density at radius 3 is 0.897 bits per heavy atom. The number of nitrogens with zero attached hydrogens (tertiary/aromatic N) is 1. The van der Waals surface area contributed by atoms with Gasteiger partial charge in [-0.2, -0.15) is 13.2 Å². The molecule has 0 unspecified atom stereocenters. The first-order chi connectivity index (χ1) is 14.0. The van der Waals surface area contributed by atoms with Crippen LogP contribution < -0.4 is 0 Å². The van der Waals surface area contributed by atoms with E-state index in [0.29, 0.717) is 12.8 Å². The first kappa shape index (κ1) is 28.8. The Hall–Kier alpha value is -0.250. The highest BCUT2D eigenvalue weighted by Gasteiger charge is 2.35. The Morgan fingerprint density at radius 1 is 0.414 bits per heavy atom. The molecule has 29 heavy (non-hydrogen) atoms. The van der Waals surface area contributed by atoms with E-state index in [9.17, 15) is 13.2 Å². The predicted octanol–water partition coefficient (Wildman–Crippen LogP) is 9.65. The number of hydrogen-bond acceptors (Lipinski definition) is 1. The van der Waals surface area contributed by atoms with E-state index in [0.717, 1.165) is 30.6 Å². The van der Waals surface area contributed by atoms with Gasteiger partial charge in [-0.05, 0) is 12.8 Å². The van der Waals surface area contributed by atoms with Crippen molar-refractivity contribution in [1.82, 2.24) is 4.90 Å². The molecule has 0 aliphatic rings. The maximum Gasteiger partial charge on any atom is 0.459 e. The van der Waals surface area contributed by atoms with E-state index in [1.807, 2.05) is 0 Å². The van der Waals surface area contributed by atoms with Crippen LogP contribution in [0.2, 0.25) is 0 Å². The van der Waals surface area contributed by atoms with Crippen molar-refractivity contribution >= 4 is 0 Å². The molecule has 0 aromatic heterocycles.